The highest BCUT2D eigenvalue weighted by molar-refractivity contribution is 5.92. The summed E-state index contributed by atoms with van der Waals surface area (Å²) in [6.07, 6.45) is 13.1. The monoisotopic (exact) mass is 482 g/mol. The summed E-state index contributed by atoms with van der Waals surface area (Å²) in [6, 6.07) is 0. The highest BCUT2D eigenvalue weighted by Crippen LogP contribution is 2.67. The van der Waals surface area contributed by atoms with Crippen molar-refractivity contribution in [2.45, 2.75) is 111 Å². The second kappa shape index (κ2) is 8.69. The Morgan fingerprint density at radius 3 is 2.49 bits per heavy atom. The number of nitrogens with zero attached hydrogens (tertiary/aromatic N) is 3. The average Bonchev–Trinajstić information content (AvgIpc) is 3.37. The first-order valence-electron chi connectivity index (χ1n) is 14.2. The fourth-order valence-electron chi connectivity index (χ4n) is 9.13. The van der Waals surface area contributed by atoms with Gasteiger partial charge in [0.2, 0.25) is 0 Å². The minimum atomic E-state index is -0.338. The Kier molecular flexibility index (Phi) is 6.20. The third kappa shape index (κ3) is 4.37. The number of Topliss-reactive ketones (excluding diaryl/α,β-unsaturated/α-hetero) is 1. The summed E-state index contributed by atoms with van der Waals surface area (Å²) in [5, 5.41) is 11.5. The van der Waals surface area contributed by atoms with E-state index in [2.05, 4.69) is 36.3 Å². The van der Waals surface area contributed by atoms with Crippen LogP contribution in [-0.4, -0.2) is 32.2 Å². The second-order valence-corrected chi connectivity index (χ2v) is 14.1. The molecule has 6 heteroatoms. The first-order valence-corrected chi connectivity index (χ1v) is 14.2. The lowest BCUT2D eigenvalue weighted by Crippen LogP contribution is -2.53. The molecule has 35 heavy (non-hydrogen) atoms. The first-order chi connectivity index (χ1) is 16.4. The molecule has 1 N–H and O–H groups in total. The summed E-state index contributed by atoms with van der Waals surface area (Å²) in [4.78, 5) is 27.4. The number of amides is 1. The molecule has 6 nitrogen and oxygen atoms in total. The highest BCUT2D eigenvalue weighted by atomic mass is 16.2. The van der Waals surface area contributed by atoms with Crippen LogP contribution >= 0.6 is 0 Å². The minimum Gasteiger partial charge on any atom is -0.346 e. The molecule has 5 rings (SSSR count). The van der Waals surface area contributed by atoms with E-state index >= 15 is 0 Å². The van der Waals surface area contributed by atoms with E-state index < -0.39 is 0 Å². The van der Waals surface area contributed by atoms with E-state index in [0.717, 1.165) is 30.1 Å². The molecule has 0 bridgehead atoms. The van der Waals surface area contributed by atoms with E-state index in [1.165, 1.54) is 62.4 Å². The molecular weight excluding hydrogens is 436 g/mol. The molecule has 1 heterocycles. The zero-order valence-corrected chi connectivity index (χ0v) is 22.8. The van der Waals surface area contributed by atoms with Crippen molar-refractivity contribution in [2.24, 2.45) is 46.3 Å². The maximum atomic E-state index is 13.6. The third-order valence-electron chi connectivity index (χ3n) is 10.9. The van der Waals surface area contributed by atoms with Crippen molar-refractivity contribution >= 4 is 11.7 Å². The van der Waals surface area contributed by atoms with Crippen LogP contribution in [0.3, 0.4) is 0 Å². The van der Waals surface area contributed by atoms with Crippen LogP contribution in [0.2, 0.25) is 0 Å². The Balaban J connectivity index is 1.27. The molecule has 1 aromatic rings. The number of aromatic nitrogens is 3. The lowest BCUT2D eigenvalue weighted by Gasteiger charge is -2.61. The summed E-state index contributed by atoms with van der Waals surface area (Å²) in [5.74, 6) is 4.19. The number of hydrogen-bond donors (Lipinski definition) is 1. The average molecular weight is 483 g/mol. The van der Waals surface area contributed by atoms with Crippen molar-refractivity contribution in [3.63, 3.8) is 0 Å². The van der Waals surface area contributed by atoms with Crippen LogP contribution in [0.5, 0.6) is 0 Å². The fraction of sp³-hybridized carbons (Fsp3) is 0.862. The van der Waals surface area contributed by atoms with Gasteiger partial charge in [-0.25, -0.2) is 0 Å². The van der Waals surface area contributed by atoms with Gasteiger partial charge in [0.1, 0.15) is 6.54 Å². The van der Waals surface area contributed by atoms with Crippen molar-refractivity contribution in [1.82, 2.24) is 20.3 Å². The molecule has 0 radical (unpaired) electrons. The smallest absolute Gasteiger partial charge is 0.273 e. The SMILES string of the molecule is C[C@H]1CCC2(C)C(CCC3C2CCC2(C)C(C(=O)Cn4ncc(C(=O)NC(C)(C)C)n4)CCC32)C1. The Morgan fingerprint density at radius 2 is 1.74 bits per heavy atom. The van der Waals surface area contributed by atoms with E-state index in [0.29, 0.717) is 11.3 Å². The van der Waals surface area contributed by atoms with Crippen LogP contribution in [-0.2, 0) is 11.3 Å². The predicted molar refractivity (Wildman–Crippen MR) is 137 cm³/mol. The van der Waals surface area contributed by atoms with Crippen molar-refractivity contribution in [2.75, 3.05) is 0 Å². The van der Waals surface area contributed by atoms with Crippen molar-refractivity contribution < 1.29 is 9.59 Å². The third-order valence-corrected chi connectivity index (χ3v) is 10.9. The van der Waals surface area contributed by atoms with Crippen molar-refractivity contribution in [1.29, 1.82) is 0 Å². The number of fused-ring (bicyclic) bond motifs is 5. The standard InChI is InChI=1S/C29H46N4O2/c1-18-11-13-28(5)19(15-18)7-8-20-21-9-10-23(29(21,6)14-12-22(20)28)25(34)17-33-30-16-24(32-33)26(35)31-27(2,3)4/h16,18-23H,7-15,17H2,1-6H3,(H,31,35)/t18-,19?,20?,21?,22?,23?,28?,29?/m0/s1. The number of carbonyl (C=O) groups excluding carboxylic acids is 2. The molecule has 8 atom stereocenters. The van der Waals surface area contributed by atoms with Gasteiger partial charge in [0.25, 0.3) is 5.91 Å². The topological polar surface area (TPSA) is 76.9 Å². The molecule has 0 aromatic carbocycles. The van der Waals surface area contributed by atoms with E-state index in [1.807, 2.05) is 20.8 Å². The van der Waals surface area contributed by atoms with Gasteiger partial charge in [-0.2, -0.15) is 9.90 Å². The summed E-state index contributed by atoms with van der Waals surface area (Å²) >= 11 is 0. The predicted octanol–water partition coefficient (Wildman–Crippen LogP) is 5.67. The van der Waals surface area contributed by atoms with Gasteiger partial charge in [-0.1, -0.05) is 27.2 Å². The Hall–Kier alpha value is -1.72. The molecule has 1 amide bonds. The molecule has 0 aliphatic heterocycles. The Bertz CT molecular complexity index is 980. The molecule has 4 saturated carbocycles. The normalized spacial score (nSPS) is 41.0. The van der Waals surface area contributed by atoms with Crippen molar-refractivity contribution in [3.8, 4) is 0 Å². The zero-order valence-electron chi connectivity index (χ0n) is 22.8. The van der Waals surface area contributed by atoms with Crippen LogP contribution in [0.1, 0.15) is 110 Å². The number of nitrogens with one attached hydrogen (secondary N) is 1. The van der Waals surface area contributed by atoms with E-state index in [4.69, 9.17) is 0 Å². The minimum absolute atomic E-state index is 0.0863. The molecule has 0 saturated heterocycles. The Labute approximate surface area is 211 Å². The van der Waals surface area contributed by atoms with Gasteiger partial charge in [-0.15, -0.1) is 5.10 Å². The van der Waals surface area contributed by atoms with Crippen LogP contribution in [0.15, 0.2) is 6.20 Å². The highest BCUT2D eigenvalue weighted by Gasteiger charge is 2.60. The number of carbonyl (C=O) groups is 2. The lowest BCUT2D eigenvalue weighted by molar-refractivity contribution is -0.137. The van der Waals surface area contributed by atoms with E-state index in [1.54, 1.807) is 0 Å². The van der Waals surface area contributed by atoms with Gasteiger partial charge in [0, 0.05) is 11.5 Å². The van der Waals surface area contributed by atoms with Crippen LogP contribution in [0.25, 0.3) is 0 Å². The second-order valence-electron chi connectivity index (χ2n) is 14.1. The van der Waals surface area contributed by atoms with Gasteiger partial charge in [-0.05, 0) is 113 Å². The fourth-order valence-corrected chi connectivity index (χ4v) is 9.13. The quantitative estimate of drug-likeness (QED) is 0.600. The molecule has 1 aromatic heterocycles. The zero-order chi connectivity index (χ0) is 25.2. The molecule has 0 spiro atoms. The van der Waals surface area contributed by atoms with Crippen LogP contribution in [0.4, 0.5) is 0 Å². The number of ketones is 1. The first kappa shape index (κ1) is 25.0. The number of hydrogen-bond acceptors (Lipinski definition) is 4. The summed E-state index contributed by atoms with van der Waals surface area (Å²) in [7, 11) is 0. The van der Waals surface area contributed by atoms with Gasteiger partial charge >= 0.3 is 0 Å². The molecule has 4 fully saturated rings. The molecule has 4 aliphatic carbocycles. The molecule has 4 aliphatic rings. The van der Waals surface area contributed by atoms with Gasteiger partial charge < -0.3 is 5.32 Å². The van der Waals surface area contributed by atoms with Gasteiger partial charge in [0.15, 0.2) is 11.5 Å². The van der Waals surface area contributed by atoms with E-state index in [9.17, 15) is 9.59 Å². The Morgan fingerprint density at radius 1 is 1.03 bits per heavy atom. The van der Waals surface area contributed by atoms with Gasteiger partial charge in [0.05, 0.1) is 6.20 Å². The lowest BCUT2D eigenvalue weighted by atomic mass is 9.44. The molecule has 7 unspecified atom stereocenters. The summed E-state index contributed by atoms with van der Waals surface area (Å²) in [5.41, 5.74) is 0.551. The summed E-state index contributed by atoms with van der Waals surface area (Å²) in [6.45, 7) is 13.5. The van der Waals surface area contributed by atoms with Gasteiger partial charge in [-0.3, -0.25) is 9.59 Å². The summed E-state index contributed by atoms with van der Waals surface area (Å²) < 4.78 is 0. The van der Waals surface area contributed by atoms with Crippen LogP contribution in [0, 0.1) is 46.3 Å². The molecular formula is C29H46N4O2. The number of rotatable bonds is 4. The maximum absolute atomic E-state index is 13.6. The largest absolute Gasteiger partial charge is 0.346 e. The maximum Gasteiger partial charge on any atom is 0.273 e. The van der Waals surface area contributed by atoms with Crippen LogP contribution < -0.4 is 5.32 Å². The molecule has 194 valence electrons. The van der Waals surface area contributed by atoms with Crippen molar-refractivity contribution in [3.05, 3.63) is 11.9 Å². The van der Waals surface area contributed by atoms with E-state index in [-0.39, 0.29) is 40.8 Å².